The average molecular weight is 320 g/mol. The molecule has 1 aliphatic rings. The van der Waals surface area contributed by atoms with Crippen molar-refractivity contribution in [3.8, 4) is 5.75 Å². The highest BCUT2D eigenvalue weighted by Crippen LogP contribution is 2.22. The summed E-state index contributed by atoms with van der Waals surface area (Å²) in [6.45, 7) is 3.09. The molecule has 1 unspecified atom stereocenters. The van der Waals surface area contributed by atoms with E-state index in [1.54, 1.807) is 0 Å². The van der Waals surface area contributed by atoms with Crippen LogP contribution in [-0.4, -0.2) is 47.1 Å². The summed E-state index contributed by atoms with van der Waals surface area (Å²) in [6, 6.07) is 7.65. The Labute approximate surface area is 136 Å². The summed E-state index contributed by atoms with van der Waals surface area (Å²) in [4.78, 5) is 25.2. The van der Waals surface area contributed by atoms with Crippen molar-refractivity contribution < 1.29 is 19.4 Å². The van der Waals surface area contributed by atoms with Crippen LogP contribution in [0.1, 0.15) is 31.7 Å². The number of ether oxygens (including phenoxy) is 1. The minimum absolute atomic E-state index is 0.00948. The fourth-order valence-electron chi connectivity index (χ4n) is 2.78. The van der Waals surface area contributed by atoms with E-state index in [1.165, 1.54) is 4.90 Å². The van der Waals surface area contributed by atoms with Crippen molar-refractivity contribution in [1.82, 2.24) is 4.90 Å². The van der Waals surface area contributed by atoms with E-state index in [0.717, 1.165) is 11.3 Å². The lowest BCUT2D eigenvalue weighted by atomic mass is 9.92. The molecule has 1 aromatic carbocycles. The van der Waals surface area contributed by atoms with Crippen LogP contribution in [0.25, 0.3) is 0 Å². The van der Waals surface area contributed by atoms with E-state index in [2.05, 4.69) is 0 Å². The van der Waals surface area contributed by atoms with Gasteiger partial charge in [-0.15, -0.1) is 0 Å². The van der Waals surface area contributed by atoms with Crippen LogP contribution in [0.3, 0.4) is 0 Å². The zero-order valence-corrected chi connectivity index (χ0v) is 13.5. The topological polar surface area (TPSA) is 92.9 Å². The molecule has 1 heterocycles. The molecule has 2 rings (SSSR count). The second kappa shape index (κ2) is 7.46. The van der Waals surface area contributed by atoms with Gasteiger partial charge in [0.15, 0.2) is 5.60 Å². The predicted molar refractivity (Wildman–Crippen MR) is 85.9 cm³/mol. The van der Waals surface area contributed by atoms with Gasteiger partial charge < -0.3 is 20.5 Å². The van der Waals surface area contributed by atoms with Crippen LogP contribution in [0.4, 0.5) is 0 Å². The first-order chi connectivity index (χ1) is 10.9. The molecule has 0 radical (unpaired) electrons. The van der Waals surface area contributed by atoms with Crippen molar-refractivity contribution in [2.45, 2.75) is 38.2 Å². The molecule has 1 aliphatic heterocycles. The minimum atomic E-state index is -1.59. The number of nitrogens with zero attached hydrogens (tertiary/aromatic N) is 1. The number of amides is 2. The standard InChI is InChI=1S/C17H24N2O4/c1-2-23-14-7-4-13(5-8-14)6-9-15(20)19-11-3-10-17(22,12-19)16(18)21/h4-5,7-8,22H,2-3,6,9-12H2,1H3,(H2,18,21). The SMILES string of the molecule is CCOc1ccc(CCC(=O)N2CCCC(O)(C(N)=O)C2)cc1. The monoisotopic (exact) mass is 320 g/mol. The zero-order valence-electron chi connectivity index (χ0n) is 13.5. The number of aryl methyl sites for hydroxylation is 1. The van der Waals surface area contributed by atoms with E-state index in [1.807, 2.05) is 31.2 Å². The van der Waals surface area contributed by atoms with Crippen molar-refractivity contribution in [2.75, 3.05) is 19.7 Å². The summed E-state index contributed by atoms with van der Waals surface area (Å²) in [6.07, 6.45) is 1.83. The van der Waals surface area contributed by atoms with Crippen LogP contribution >= 0.6 is 0 Å². The first kappa shape index (κ1) is 17.3. The maximum absolute atomic E-state index is 12.3. The second-order valence-corrected chi connectivity index (χ2v) is 5.89. The molecule has 0 aliphatic carbocycles. The Balaban J connectivity index is 1.88. The van der Waals surface area contributed by atoms with Gasteiger partial charge in [-0.05, 0) is 43.9 Å². The van der Waals surface area contributed by atoms with Crippen LogP contribution in [-0.2, 0) is 16.0 Å². The number of benzene rings is 1. The van der Waals surface area contributed by atoms with E-state index >= 15 is 0 Å². The Morgan fingerprint density at radius 3 is 2.65 bits per heavy atom. The van der Waals surface area contributed by atoms with Crippen molar-refractivity contribution in [2.24, 2.45) is 5.73 Å². The third-order valence-electron chi connectivity index (χ3n) is 4.14. The normalized spacial score (nSPS) is 21.0. The average Bonchev–Trinajstić information content (AvgIpc) is 2.54. The highest BCUT2D eigenvalue weighted by molar-refractivity contribution is 5.85. The summed E-state index contributed by atoms with van der Waals surface area (Å²) < 4.78 is 5.38. The third-order valence-corrected chi connectivity index (χ3v) is 4.14. The largest absolute Gasteiger partial charge is 0.494 e. The number of primary amides is 1. The van der Waals surface area contributed by atoms with Gasteiger partial charge in [0.25, 0.3) is 5.91 Å². The quantitative estimate of drug-likeness (QED) is 0.813. The molecule has 0 bridgehead atoms. The van der Waals surface area contributed by atoms with Crippen molar-refractivity contribution >= 4 is 11.8 Å². The highest BCUT2D eigenvalue weighted by atomic mass is 16.5. The van der Waals surface area contributed by atoms with Gasteiger partial charge in [0.05, 0.1) is 13.2 Å². The molecule has 0 aromatic heterocycles. The smallest absolute Gasteiger partial charge is 0.251 e. The van der Waals surface area contributed by atoms with Crippen LogP contribution in [0.15, 0.2) is 24.3 Å². The van der Waals surface area contributed by atoms with Gasteiger partial charge in [-0.2, -0.15) is 0 Å². The van der Waals surface area contributed by atoms with Crippen molar-refractivity contribution in [3.63, 3.8) is 0 Å². The van der Waals surface area contributed by atoms with Crippen molar-refractivity contribution in [1.29, 1.82) is 0 Å². The molecule has 2 amide bonds. The summed E-state index contributed by atoms with van der Waals surface area (Å²) in [5.74, 6) is -0.0232. The number of hydrogen-bond acceptors (Lipinski definition) is 4. The Hall–Kier alpha value is -2.08. The van der Waals surface area contributed by atoms with Gasteiger partial charge in [-0.3, -0.25) is 9.59 Å². The fourth-order valence-corrected chi connectivity index (χ4v) is 2.78. The number of carbonyl (C=O) groups excluding carboxylic acids is 2. The fraction of sp³-hybridized carbons (Fsp3) is 0.529. The summed E-state index contributed by atoms with van der Waals surface area (Å²) in [7, 11) is 0. The lowest BCUT2D eigenvalue weighted by Gasteiger charge is -2.37. The minimum Gasteiger partial charge on any atom is -0.494 e. The highest BCUT2D eigenvalue weighted by Gasteiger charge is 2.39. The lowest BCUT2D eigenvalue weighted by Crippen LogP contribution is -2.57. The number of nitrogens with two attached hydrogens (primary N) is 1. The number of rotatable bonds is 6. The lowest BCUT2D eigenvalue weighted by molar-refractivity contribution is -0.148. The van der Waals surface area contributed by atoms with Crippen molar-refractivity contribution in [3.05, 3.63) is 29.8 Å². The number of hydrogen-bond donors (Lipinski definition) is 2. The molecule has 1 aromatic rings. The number of β-amino-alcohol motifs (C(OH)–C–C–N with tert-alkyl or cyclic N) is 1. The Bertz CT molecular complexity index is 558. The molecule has 0 saturated carbocycles. The molecular formula is C17H24N2O4. The molecule has 6 heteroatoms. The van der Waals surface area contributed by atoms with Gasteiger partial charge in [-0.1, -0.05) is 12.1 Å². The van der Waals surface area contributed by atoms with Crippen LogP contribution in [0, 0.1) is 0 Å². The molecular weight excluding hydrogens is 296 g/mol. The number of piperidine rings is 1. The molecule has 1 fully saturated rings. The first-order valence-corrected chi connectivity index (χ1v) is 7.96. The van der Waals surface area contributed by atoms with Crippen LogP contribution in [0.2, 0.25) is 0 Å². The number of carbonyl (C=O) groups is 2. The van der Waals surface area contributed by atoms with Crippen LogP contribution < -0.4 is 10.5 Å². The third kappa shape index (κ3) is 4.45. The van der Waals surface area contributed by atoms with E-state index in [4.69, 9.17) is 10.5 Å². The number of likely N-dealkylation sites (tertiary alicyclic amines) is 1. The molecule has 0 spiro atoms. The molecule has 6 nitrogen and oxygen atoms in total. The zero-order chi connectivity index (χ0) is 16.9. The Morgan fingerprint density at radius 1 is 1.35 bits per heavy atom. The second-order valence-electron chi connectivity index (χ2n) is 5.89. The molecule has 126 valence electrons. The molecule has 1 saturated heterocycles. The van der Waals surface area contributed by atoms with Gasteiger partial charge in [-0.25, -0.2) is 0 Å². The van der Waals surface area contributed by atoms with E-state index in [9.17, 15) is 14.7 Å². The maximum Gasteiger partial charge on any atom is 0.251 e. The Kier molecular flexibility index (Phi) is 5.60. The first-order valence-electron chi connectivity index (χ1n) is 7.96. The molecule has 23 heavy (non-hydrogen) atoms. The number of aliphatic hydroxyl groups is 1. The summed E-state index contributed by atoms with van der Waals surface area (Å²) in [5.41, 5.74) is 4.68. The van der Waals surface area contributed by atoms with Gasteiger partial charge in [0.1, 0.15) is 5.75 Å². The Morgan fingerprint density at radius 2 is 2.04 bits per heavy atom. The van der Waals surface area contributed by atoms with E-state index < -0.39 is 11.5 Å². The summed E-state index contributed by atoms with van der Waals surface area (Å²) in [5, 5.41) is 10.2. The molecule has 1 atom stereocenters. The van der Waals surface area contributed by atoms with E-state index in [-0.39, 0.29) is 12.5 Å². The molecule has 3 N–H and O–H groups in total. The maximum atomic E-state index is 12.3. The van der Waals surface area contributed by atoms with E-state index in [0.29, 0.717) is 38.8 Å². The van der Waals surface area contributed by atoms with Gasteiger partial charge in [0.2, 0.25) is 5.91 Å². The van der Waals surface area contributed by atoms with Gasteiger partial charge in [0, 0.05) is 13.0 Å². The predicted octanol–water partition coefficient (Wildman–Crippen LogP) is 0.857. The van der Waals surface area contributed by atoms with Gasteiger partial charge >= 0.3 is 0 Å². The van der Waals surface area contributed by atoms with Crippen LogP contribution in [0.5, 0.6) is 5.75 Å². The summed E-state index contributed by atoms with van der Waals surface area (Å²) >= 11 is 0.